The largest absolute Gasteiger partial charge is 0.478 e. The molecule has 0 aromatic carbocycles. The van der Waals surface area contributed by atoms with Gasteiger partial charge in [-0.3, -0.25) is 0 Å². The summed E-state index contributed by atoms with van der Waals surface area (Å²) >= 11 is 5.25. The summed E-state index contributed by atoms with van der Waals surface area (Å²) in [5.41, 5.74) is 0.442. The maximum absolute atomic E-state index is 10.8. The second-order valence-electron chi connectivity index (χ2n) is 5.18. The van der Waals surface area contributed by atoms with Crippen LogP contribution in [-0.4, -0.2) is 38.7 Å². The molecule has 0 fully saturated rings. The van der Waals surface area contributed by atoms with Crippen LogP contribution in [0.25, 0.3) is 0 Å². The lowest BCUT2D eigenvalue weighted by Crippen LogP contribution is -2.13. The van der Waals surface area contributed by atoms with Crippen LogP contribution >= 0.6 is 12.2 Å². The van der Waals surface area contributed by atoms with Gasteiger partial charge < -0.3 is 15.3 Å². The van der Waals surface area contributed by atoms with Crippen LogP contribution in [0.1, 0.15) is 33.6 Å². The first-order chi connectivity index (χ1) is 9.67. The fourth-order valence-corrected chi connectivity index (χ4v) is 2.37. The lowest BCUT2D eigenvalue weighted by molar-refractivity contribution is -0.133. The van der Waals surface area contributed by atoms with E-state index in [0.717, 1.165) is 0 Å². The minimum absolute atomic E-state index is 0.0162. The van der Waals surface area contributed by atoms with Crippen LogP contribution in [0.4, 0.5) is 0 Å². The minimum Gasteiger partial charge on any atom is -0.478 e. The average Bonchev–Trinajstić information content (AvgIpc) is 2.36. The van der Waals surface area contributed by atoms with Crippen molar-refractivity contribution in [1.29, 1.82) is 0 Å². The molecule has 5 nitrogen and oxygen atoms in total. The van der Waals surface area contributed by atoms with Crippen molar-refractivity contribution in [2.45, 2.75) is 33.6 Å². The molecule has 0 bridgehead atoms. The Morgan fingerprint density at radius 2 is 1.52 bits per heavy atom. The van der Waals surface area contributed by atoms with E-state index in [1.807, 2.05) is 6.92 Å². The van der Waals surface area contributed by atoms with Crippen molar-refractivity contribution in [3.8, 4) is 0 Å². The van der Waals surface area contributed by atoms with Crippen molar-refractivity contribution in [3.05, 3.63) is 23.3 Å². The molecule has 2 unspecified atom stereocenters. The standard InChI is InChI=1S/C15H22O5S/c1-9(4-10(2)14(17)18)5-13(21)7-12(8-16)6-11(3)15(19)20/h4,6,9,12,16H,5,7-8H2,1-3H3,(H,17,18)(H,19,20). The Kier molecular flexibility index (Phi) is 8.73. The zero-order chi connectivity index (χ0) is 16.6. The molecule has 21 heavy (non-hydrogen) atoms. The SMILES string of the molecule is CC(=CC(C)CC(=S)CC(C=C(C)C(=O)O)CO)C(=O)O. The molecular formula is C15H22O5S. The fraction of sp³-hybridized carbons (Fsp3) is 0.533. The maximum atomic E-state index is 10.8. The van der Waals surface area contributed by atoms with Gasteiger partial charge in [-0.2, -0.15) is 0 Å². The quantitative estimate of drug-likeness (QED) is 0.447. The lowest BCUT2D eigenvalue weighted by Gasteiger charge is -2.13. The molecule has 0 saturated carbocycles. The highest BCUT2D eigenvalue weighted by Gasteiger charge is 2.13. The third-order valence-electron chi connectivity index (χ3n) is 2.97. The molecule has 0 aromatic rings. The third kappa shape index (κ3) is 8.37. The number of carboxylic acids is 2. The zero-order valence-electron chi connectivity index (χ0n) is 12.5. The monoisotopic (exact) mass is 314 g/mol. The number of allylic oxidation sites excluding steroid dienone is 1. The molecule has 0 aliphatic rings. The van der Waals surface area contributed by atoms with Crippen molar-refractivity contribution >= 4 is 29.0 Å². The number of aliphatic hydroxyl groups is 1. The molecule has 2 atom stereocenters. The predicted molar refractivity (Wildman–Crippen MR) is 84.4 cm³/mol. The van der Waals surface area contributed by atoms with Crippen LogP contribution in [0.15, 0.2) is 23.3 Å². The van der Waals surface area contributed by atoms with E-state index in [4.69, 9.17) is 22.4 Å². The van der Waals surface area contributed by atoms with Crippen molar-refractivity contribution in [3.63, 3.8) is 0 Å². The number of carboxylic acid groups (broad SMARTS) is 2. The molecule has 0 spiro atoms. The Bertz CT molecular complexity index is 465. The molecule has 0 aromatic heterocycles. The number of aliphatic hydroxyl groups excluding tert-OH is 1. The average molecular weight is 314 g/mol. The van der Waals surface area contributed by atoms with Crippen molar-refractivity contribution in [2.75, 3.05) is 6.61 Å². The van der Waals surface area contributed by atoms with E-state index < -0.39 is 11.9 Å². The molecule has 0 aliphatic carbocycles. The van der Waals surface area contributed by atoms with Crippen molar-refractivity contribution in [1.82, 2.24) is 0 Å². The number of aliphatic carboxylic acids is 2. The summed E-state index contributed by atoms with van der Waals surface area (Å²) in [5, 5.41) is 26.9. The molecule has 0 amide bonds. The first-order valence-corrected chi connectivity index (χ1v) is 7.04. The van der Waals surface area contributed by atoms with E-state index >= 15 is 0 Å². The second kappa shape index (κ2) is 9.41. The molecular weight excluding hydrogens is 292 g/mol. The summed E-state index contributed by atoms with van der Waals surface area (Å²) in [7, 11) is 0. The molecule has 0 heterocycles. The second-order valence-corrected chi connectivity index (χ2v) is 5.75. The summed E-state index contributed by atoms with van der Waals surface area (Å²) in [4.78, 5) is 22.2. The topological polar surface area (TPSA) is 94.8 Å². The van der Waals surface area contributed by atoms with Crippen molar-refractivity contribution in [2.24, 2.45) is 11.8 Å². The van der Waals surface area contributed by atoms with Crippen LogP contribution in [0.5, 0.6) is 0 Å². The summed E-state index contributed by atoms with van der Waals surface area (Å²) in [6.07, 6.45) is 4.07. The van der Waals surface area contributed by atoms with Crippen molar-refractivity contribution < 1.29 is 24.9 Å². The van der Waals surface area contributed by atoms with E-state index in [1.54, 1.807) is 6.08 Å². The minimum atomic E-state index is -1.02. The van der Waals surface area contributed by atoms with Gasteiger partial charge in [0.1, 0.15) is 0 Å². The van der Waals surface area contributed by atoms with Gasteiger partial charge in [-0.25, -0.2) is 9.59 Å². The number of thiocarbonyl (C=S) groups is 1. The van der Waals surface area contributed by atoms with Crippen LogP contribution in [0.3, 0.4) is 0 Å². The van der Waals surface area contributed by atoms with Crippen LogP contribution in [0.2, 0.25) is 0 Å². The summed E-state index contributed by atoms with van der Waals surface area (Å²) < 4.78 is 0. The smallest absolute Gasteiger partial charge is 0.330 e. The van der Waals surface area contributed by atoms with Gasteiger partial charge in [-0.1, -0.05) is 31.3 Å². The highest BCUT2D eigenvalue weighted by molar-refractivity contribution is 7.80. The Morgan fingerprint density at radius 1 is 1.05 bits per heavy atom. The Labute approximate surface area is 130 Å². The highest BCUT2D eigenvalue weighted by Crippen LogP contribution is 2.16. The van der Waals surface area contributed by atoms with Gasteiger partial charge in [0.15, 0.2) is 0 Å². The lowest BCUT2D eigenvalue weighted by atomic mass is 9.95. The van der Waals surface area contributed by atoms with Gasteiger partial charge in [0, 0.05) is 23.7 Å². The first-order valence-electron chi connectivity index (χ1n) is 6.63. The Balaban J connectivity index is 4.60. The zero-order valence-corrected chi connectivity index (χ0v) is 13.3. The number of hydrogen-bond acceptors (Lipinski definition) is 4. The van der Waals surface area contributed by atoms with Gasteiger partial charge in [0.05, 0.1) is 0 Å². The fourth-order valence-electron chi connectivity index (χ4n) is 1.89. The summed E-state index contributed by atoms with van der Waals surface area (Å²) in [5.74, 6) is -2.32. The first kappa shape index (κ1) is 19.5. The van der Waals surface area contributed by atoms with E-state index in [-0.39, 0.29) is 29.6 Å². The van der Waals surface area contributed by atoms with E-state index in [9.17, 15) is 14.7 Å². The number of hydrogen-bond donors (Lipinski definition) is 3. The van der Waals surface area contributed by atoms with Gasteiger partial charge >= 0.3 is 11.9 Å². The Hall–Kier alpha value is -1.53. The number of rotatable bonds is 9. The van der Waals surface area contributed by atoms with Crippen LogP contribution in [-0.2, 0) is 9.59 Å². The van der Waals surface area contributed by atoms with Gasteiger partial charge in [-0.15, -0.1) is 0 Å². The van der Waals surface area contributed by atoms with Gasteiger partial charge in [0.2, 0.25) is 0 Å². The van der Waals surface area contributed by atoms with Crippen LogP contribution < -0.4 is 0 Å². The number of carbonyl (C=O) groups is 2. The molecule has 6 heteroatoms. The molecule has 0 radical (unpaired) electrons. The van der Waals surface area contributed by atoms with E-state index in [0.29, 0.717) is 17.7 Å². The normalized spacial score (nSPS) is 15.4. The molecule has 3 N–H and O–H groups in total. The predicted octanol–water partition coefficient (Wildman–Crippen LogP) is 2.44. The molecule has 118 valence electrons. The highest BCUT2D eigenvalue weighted by atomic mass is 32.1. The van der Waals surface area contributed by atoms with Gasteiger partial charge in [0.25, 0.3) is 0 Å². The maximum Gasteiger partial charge on any atom is 0.330 e. The van der Waals surface area contributed by atoms with E-state index in [2.05, 4.69) is 0 Å². The van der Waals surface area contributed by atoms with Gasteiger partial charge in [-0.05, 0) is 37.5 Å². The molecule has 0 saturated heterocycles. The third-order valence-corrected chi connectivity index (χ3v) is 3.30. The molecule has 0 aliphatic heterocycles. The molecule has 0 rings (SSSR count). The van der Waals surface area contributed by atoms with Crippen LogP contribution in [0, 0.1) is 11.8 Å². The summed E-state index contributed by atoms with van der Waals surface area (Å²) in [6, 6.07) is 0. The summed E-state index contributed by atoms with van der Waals surface area (Å²) in [6.45, 7) is 4.68. The van der Waals surface area contributed by atoms with E-state index in [1.165, 1.54) is 19.9 Å². The Morgan fingerprint density at radius 3 is 1.95 bits per heavy atom.